The van der Waals surface area contributed by atoms with Crippen molar-refractivity contribution in [3.05, 3.63) is 83.9 Å². The number of hydrogen-bond donors (Lipinski definition) is 1. The van der Waals surface area contributed by atoms with E-state index in [4.69, 9.17) is 4.98 Å². The van der Waals surface area contributed by atoms with Gasteiger partial charge < -0.3 is 9.55 Å². The Labute approximate surface area is 172 Å². The predicted molar refractivity (Wildman–Crippen MR) is 120 cm³/mol. The Bertz CT molecular complexity index is 1250. The number of hydrogen-bond acceptors (Lipinski definition) is 4. The van der Waals surface area contributed by atoms with Crippen LogP contribution < -0.4 is 0 Å². The summed E-state index contributed by atoms with van der Waals surface area (Å²) in [5.74, 6) is 2.07. The molecular weight excluding hydrogens is 378 g/mol. The van der Waals surface area contributed by atoms with Crippen LogP contribution in [0.2, 0.25) is 0 Å². The average Bonchev–Trinajstić information content (AvgIpc) is 3.51. The summed E-state index contributed by atoms with van der Waals surface area (Å²) in [6.45, 7) is 5.72. The van der Waals surface area contributed by atoms with E-state index >= 15 is 0 Å². The number of aliphatic imine (C=N–C) groups is 1. The van der Waals surface area contributed by atoms with Crippen LogP contribution in [-0.4, -0.2) is 25.7 Å². The van der Waals surface area contributed by atoms with Gasteiger partial charge in [-0.25, -0.2) is 15.0 Å². The molecule has 1 N–H and O–H groups in total. The van der Waals surface area contributed by atoms with Gasteiger partial charge in [0.2, 0.25) is 0 Å². The quantitative estimate of drug-likeness (QED) is 0.432. The topological polar surface area (TPSA) is 58.9 Å². The first-order chi connectivity index (χ1) is 14.2. The average molecular weight is 398 g/mol. The van der Waals surface area contributed by atoms with Crippen molar-refractivity contribution in [2.45, 2.75) is 12.8 Å². The molecular formula is C23H19N5S. The van der Waals surface area contributed by atoms with Gasteiger partial charge in [0.1, 0.15) is 16.6 Å². The van der Waals surface area contributed by atoms with Gasteiger partial charge in [-0.2, -0.15) is 0 Å². The number of nitrogens with one attached hydrogen (secondary N) is 1. The second-order valence-electron chi connectivity index (χ2n) is 6.87. The molecule has 0 aliphatic carbocycles. The number of benzene rings is 1. The maximum absolute atomic E-state index is 4.89. The van der Waals surface area contributed by atoms with Crippen LogP contribution in [0.25, 0.3) is 28.0 Å². The van der Waals surface area contributed by atoms with Crippen LogP contribution in [0, 0.1) is 6.92 Å². The maximum atomic E-state index is 4.89. The largest absolute Gasteiger partial charge is 0.346 e. The van der Waals surface area contributed by atoms with E-state index in [-0.39, 0.29) is 5.92 Å². The summed E-state index contributed by atoms with van der Waals surface area (Å²) in [6.07, 6.45) is 13.4. The Morgan fingerprint density at radius 2 is 2.28 bits per heavy atom. The molecule has 0 spiro atoms. The fourth-order valence-electron chi connectivity index (χ4n) is 3.61. The summed E-state index contributed by atoms with van der Waals surface area (Å²) in [4.78, 5) is 17.0. The normalized spacial score (nSPS) is 15.3. The van der Waals surface area contributed by atoms with Crippen LogP contribution in [0.5, 0.6) is 0 Å². The molecule has 0 saturated heterocycles. The second-order valence-corrected chi connectivity index (χ2v) is 7.72. The van der Waals surface area contributed by atoms with Gasteiger partial charge in [-0.3, -0.25) is 0 Å². The molecule has 0 fully saturated rings. The number of allylic oxidation sites excluding steroid dienone is 2. The lowest BCUT2D eigenvalue weighted by Gasteiger charge is -2.09. The van der Waals surface area contributed by atoms with Crippen LogP contribution in [-0.2, 0) is 0 Å². The molecule has 0 radical (unpaired) electrons. The summed E-state index contributed by atoms with van der Waals surface area (Å²) < 4.78 is 2.07. The van der Waals surface area contributed by atoms with Gasteiger partial charge >= 0.3 is 0 Å². The summed E-state index contributed by atoms with van der Waals surface area (Å²) in [5, 5.41) is 3.09. The Hall–Kier alpha value is -3.51. The van der Waals surface area contributed by atoms with Crippen molar-refractivity contribution >= 4 is 29.6 Å². The van der Waals surface area contributed by atoms with E-state index < -0.39 is 0 Å². The molecule has 6 heteroatoms. The second kappa shape index (κ2) is 7.14. The van der Waals surface area contributed by atoms with Crippen LogP contribution in [0.3, 0.4) is 0 Å². The number of aromatic nitrogens is 4. The van der Waals surface area contributed by atoms with Crippen LogP contribution in [0.4, 0.5) is 5.82 Å². The highest BCUT2D eigenvalue weighted by molar-refractivity contribution is 7.13. The molecule has 29 heavy (non-hydrogen) atoms. The molecule has 1 aromatic carbocycles. The van der Waals surface area contributed by atoms with Crippen molar-refractivity contribution < 1.29 is 0 Å². The van der Waals surface area contributed by atoms with Gasteiger partial charge in [-0.1, -0.05) is 36.9 Å². The zero-order valence-electron chi connectivity index (χ0n) is 15.9. The van der Waals surface area contributed by atoms with Crippen molar-refractivity contribution in [3.8, 4) is 21.8 Å². The molecule has 1 atom stereocenters. The third-order valence-electron chi connectivity index (χ3n) is 5.11. The lowest BCUT2D eigenvalue weighted by Crippen LogP contribution is -1.99. The van der Waals surface area contributed by atoms with Crippen molar-refractivity contribution in [3.63, 3.8) is 0 Å². The lowest BCUT2D eigenvalue weighted by atomic mass is 9.97. The maximum Gasteiger partial charge on any atom is 0.133 e. The van der Waals surface area contributed by atoms with E-state index in [1.807, 2.05) is 18.6 Å². The highest BCUT2D eigenvalue weighted by Crippen LogP contribution is 2.36. The first kappa shape index (κ1) is 17.6. The molecule has 4 aromatic rings. The highest BCUT2D eigenvalue weighted by Gasteiger charge is 2.21. The molecule has 0 amide bonds. The van der Waals surface area contributed by atoms with Crippen LogP contribution >= 0.6 is 11.3 Å². The SMILES string of the molecule is C=C/C=N\c1[nH]cc(-c2nc(-c3cccc(C4C=Cn5ccnc54)c3)cs2)c1C. The molecule has 1 unspecified atom stereocenters. The Kier molecular flexibility index (Phi) is 4.33. The molecule has 1 aliphatic rings. The van der Waals surface area contributed by atoms with E-state index in [0.29, 0.717) is 0 Å². The summed E-state index contributed by atoms with van der Waals surface area (Å²) in [7, 11) is 0. The van der Waals surface area contributed by atoms with E-state index in [1.165, 1.54) is 5.56 Å². The van der Waals surface area contributed by atoms with Gasteiger partial charge in [0.15, 0.2) is 0 Å². The summed E-state index contributed by atoms with van der Waals surface area (Å²) >= 11 is 1.64. The minimum absolute atomic E-state index is 0.181. The molecule has 0 bridgehead atoms. The number of H-pyrrole nitrogens is 1. The predicted octanol–water partition coefficient (Wildman–Crippen LogP) is 5.81. The van der Waals surface area contributed by atoms with E-state index in [0.717, 1.165) is 39.0 Å². The first-order valence-electron chi connectivity index (χ1n) is 9.35. The minimum atomic E-state index is 0.181. The number of thiazole rings is 1. The van der Waals surface area contributed by atoms with Gasteiger partial charge in [0, 0.05) is 53.1 Å². The molecule has 4 heterocycles. The molecule has 3 aromatic heterocycles. The fraction of sp³-hybridized carbons (Fsp3) is 0.0870. The highest BCUT2D eigenvalue weighted by atomic mass is 32.1. The lowest BCUT2D eigenvalue weighted by molar-refractivity contribution is 0.913. The molecule has 5 rings (SSSR count). The number of fused-ring (bicyclic) bond motifs is 1. The summed E-state index contributed by atoms with van der Waals surface area (Å²) in [5.41, 5.74) is 5.47. The third-order valence-corrected chi connectivity index (χ3v) is 5.99. The number of aromatic amines is 1. The monoisotopic (exact) mass is 397 g/mol. The fourth-order valence-corrected chi connectivity index (χ4v) is 4.51. The van der Waals surface area contributed by atoms with E-state index in [1.54, 1.807) is 23.6 Å². The van der Waals surface area contributed by atoms with Gasteiger partial charge in [0.05, 0.1) is 11.6 Å². The first-order valence-corrected chi connectivity index (χ1v) is 10.2. The van der Waals surface area contributed by atoms with Gasteiger partial charge in [-0.15, -0.1) is 11.3 Å². The molecule has 1 aliphatic heterocycles. The van der Waals surface area contributed by atoms with Gasteiger partial charge in [0.25, 0.3) is 0 Å². The van der Waals surface area contributed by atoms with E-state index in [2.05, 4.69) is 75.0 Å². The smallest absolute Gasteiger partial charge is 0.133 e. The van der Waals surface area contributed by atoms with E-state index in [9.17, 15) is 0 Å². The third kappa shape index (κ3) is 3.07. The number of imidazole rings is 1. The van der Waals surface area contributed by atoms with Crippen LogP contribution in [0.15, 0.2) is 72.0 Å². The molecule has 142 valence electrons. The van der Waals surface area contributed by atoms with Crippen LogP contribution in [0.1, 0.15) is 22.9 Å². The summed E-state index contributed by atoms with van der Waals surface area (Å²) in [6, 6.07) is 8.56. The van der Waals surface area contributed by atoms with Crippen molar-refractivity contribution in [2.75, 3.05) is 0 Å². The standard InChI is InChI=1S/C23H19N5S/c1-3-8-24-21-15(2)19(13-26-21)23-27-20(14-29-23)17-6-4-5-16(12-17)18-7-10-28-11-9-25-22(18)28/h3-14,18,26H,1H2,2H3/b24-8-. The zero-order valence-corrected chi connectivity index (χ0v) is 16.7. The minimum Gasteiger partial charge on any atom is -0.346 e. The van der Waals surface area contributed by atoms with Crippen molar-refractivity contribution in [1.82, 2.24) is 19.5 Å². The van der Waals surface area contributed by atoms with Gasteiger partial charge in [-0.05, 0) is 18.6 Å². The Morgan fingerprint density at radius 3 is 3.17 bits per heavy atom. The number of rotatable bonds is 5. The van der Waals surface area contributed by atoms with Crippen molar-refractivity contribution in [1.29, 1.82) is 0 Å². The Morgan fingerprint density at radius 1 is 1.34 bits per heavy atom. The molecule has 5 nitrogen and oxygen atoms in total. The zero-order chi connectivity index (χ0) is 19.8. The molecule has 0 saturated carbocycles. The number of nitrogens with zero attached hydrogens (tertiary/aromatic N) is 4. The van der Waals surface area contributed by atoms with Crippen molar-refractivity contribution in [2.24, 2.45) is 4.99 Å². The Balaban J connectivity index is 1.46.